The minimum Gasteiger partial charge on any atom is -0.355 e. The summed E-state index contributed by atoms with van der Waals surface area (Å²) in [6, 6.07) is 65.4. The van der Waals surface area contributed by atoms with E-state index in [4.69, 9.17) is 9.97 Å². The van der Waals surface area contributed by atoms with Gasteiger partial charge >= 0.3 is 0 Å². The second kappa shape index (κ2) is 16.6. The Kier molecular flexibility index (Phi) is 10.5. The average Bonchev–Trinajstić information content (AvgIpc) is 4.10. The largest absolute Gasteiger partial charge is 0.355 e. The molecule has 0 unspecified atom stereocenters. The van der Waals surface area contributed by atoms with Crippen LogP contribution in [0.5, 0.6) is 0 Å². The molecule has 0 aliphatic carbocycles. The Morgan fingerprint density at radius 2 is 0.932 bits per heavy atom. The molecule has 6 heteroatoms. The first-order chi connectivity index (χ1) is 28.7. The summed E-state index contributed by atoms with van der Waals surface area (Å²) in [5, 5.41) is 1.20. The van der Waals surface area contributed by atoms with Crippen LogP contribution in [0, 0.1) is 0 Å². The maximum Gasteiger partial charge on any atom is 0.0737 e. The molecule has 0 atom stereocenters. The molecule has 11 rings (SSSR count). The molecule has 0 radical (unpaired) electrons. The van der Waals surface area contributed by atoms with E-state index in [1.54, 1.807) is 0 Å². The van der Waals surface area contributed by atoms with Gasteiger partial charge < -0.3 is 9.55 Å². The SMILES string of the molecule is C1=Cc2cc3c(-c4ccccc4)c(-c4ccccc4)c(c(-c4ccccc4)c4nc(cc5ccc(cc1n2)[nH]5)C=C4)n3-c1ccccc1.[Fe].c1ccc2ncccc2c1. The number of rotatable bonds is 4. The number of hydrogen-bond donors (Lipinski definition) is 1. The van der Waals surface area contributed by atoms with Crippen molar-refractivity contribution in [3.8, 4) is 39.1 Å². The van der Waals surface area contributed by atoms with Crippen molar-refractivity contribution < 1.29 is 17.1 Å². The summed E-state index contributed by atoms with van der Waals surface area (Å²) in [4.78, 5) is 18.1. The van der Waals surface area contributed by atoms with Crippen molar-refractivity contribution in [2.75, 3.05) is 0 Å². The van der Waals surface area contributed by atoms with Gasteiger partial charge in [0.25, 0.3) is 0 Å². The van der Waals surface area contributed by atoms with Gasteiger partial charge in [-0.15, -0.1) is 0 Å². The number of fused-ring (bicyclic) bond motifs is 9. The Labute approximate surface area is 353 Å². The summed E-state index contributed by atoms with van der Waals surface area (Å²) < 4.78 is 2.41. The third-order valence-corrected chi connectivity index (χ3v) is 10.4. The molecule has 59 heavy (non-hydrogen) atoms. The summed E-state index contributed by atoms with van der Waals surface area (Å²) in [5.74, 6) is 0. The Morgan fingerprint density at radius 1 is 0.424 bits per heavy atom. The summed E-state index contributed by atoms with van der Waals surface area (Å²) in [6.45, 7) is 0. The Balaban J connectivity index is 0.000000356. The van der Waals surface area contributed by atoms with Gasteiger partial charge in [-0.05, 0) is 95.6 Å². The van der Waals surface area contributed by atoms with Crippen molar-refractivity contribution in [1.29, 1.82) is 0 Å². The van der Waals surface area contributed by atoms with Crippen molar-refractivity contribution in [3.05, 3.63) is 217 Å². The quantitative estimate of drug-likeness (QED) is 0.180. The number of aromatic amines is 1. The maximum absolute atomic E-state index is 5.29. The Morgan fingerprint density at radius 3 is 1.58 bits per heavy atom. The first-order valence-corrected chi connectivity index (χ1v) is 19.4. The summed E-state index contributed by atoms with van der Waals surface area (Å²) in [7, 11) is 0. The van der Waals surface area contributed by atoms with Crippen LogP contribution in [0.15, 0.2) is 194 Å². The number of nitrogens with zero attached hydrogens (tertiary/aromatic N) is 4. The third kappa shape index (κ3) is 7.59. The molecule has 5 aromatic carbocycles. The zero-order valence-electron chi connectivity index (χ0n) is 31.9. The first kappa shape index (κ1) is 37.2. The van der Waals surface area contributed by atoms with Gasteiger partial charge in [0.05, 0.1) is 39.3 Å². The van der Waals surface area contributed by atoms with E-state index in [1.807, 2.05) is 30.5 Å². The smallest absolute Gasteiger partial charge is 0.0737 e. The van der Waals surface area contributed by atoms with Gasteiger partial charge in [-0.3, -0.25) is 4.98 Å². The van der Waals surface area contributed by atoms with Crippen molar-refractivity contribution >= 4 is 57.3 Å². The van der Waals surface area contributed by atoms with E-state index < -0.39 is 0 Å². The Hall–Kier alpha value is -7.37. The second-order valence-corrected chi connectivity index (χ2v) is 14.2. The molecule has 0 fully saturated rings. The molecule has 2 aliphatic rings. The van der Waals surface area contributed by atoms with Crippen LogP contribution in [0.1, 0.15) is 22.8 Å². The van der Waals surface area contributed by atoms with Crippen LogP contribution < -0.4 is 0 Å². The van der Waals surface area contributed by atoms with Gasteiger partial charge in [-0.2, -0.15) is 0 Å². The molecule has 8 bridgehead atoms. The molecule has 5 nitrogen and oxygen atoms in total. The molecule has 6 heterocycles. The van der Waals surface area contributed by atoms with Crippen LogP contribution in [-0.2, 0) is 17.1 Å². The zero-order chi connectivity index (χ0) is 38.7. The van der Waals surface area contributed by atoms with Crippen molar-refractivity contribution in [3.63, 3.8) is 0 Å². The van der Waals surface area contributed by atoms with Gasteiger partial charge in [-0.1, -0.05) is 133 Å². The standard InChI is InChI=1S/C44H30N4.C9H7N.Fe/c1-5-13-30(14-6-1)41-39-26-25-36(47-39)28-35-22-21-33(45-35)27-34-23-24-37(46-34)29-40-42(31-15-7-2-8-16-31)43(32-17-9-3-10-18-32)44(41)48(40)38-19-11-4-12-20-38;1-2-6-9-8(4-1)5-3-7-10-9;/h1-29,45H;1-7H;. The summed E-state index contributed by atoms with van der Waals surface area (Å²) in [5.41, 5.74) is 16.5. The maximum atomic E-state index is 5.29. The van der Waals surface area contributed by atoms with Gasteiger partial charge in [0.2, 0.25) is 0 Å². The van der Waals surface area contributed by atoms with Crippen molar-refractivity contribution in [1.82, 2.24) is 24.5 Å². The van der Waals surface area contributed by atoms with Gasteiger partial charge in [-0.25, -0.2) is 9.97 Å². The molecule has 0 saturated carbocycles. The second-order valence-electron chi connectivity index (χ2n) is 14.2. The van der Waals surface area contributed by atoms with Gasteiger partial charge in [0, 0.05) is 62.1 Å². The van der Waals surface area contributed by atoms with E-state index in [0.717, 1.165) is 89.4 Å². The molecule has 2 aliphatic heterocycles. The molecular weight excluding hydrogens is 762 g/mol. The van der Waals surface area contributed by atoms with Crippen molar-refractivity contribution in [2.45, 2.75) is 0 Å². The molecule has 0 amide bonds. The molecule has 0 saturated heterocycles. The number of nitrogens with one attached hydrogen (secondary N) is 1. The predicted octanol–water partition coefficient (Wildman–Crippen LogP) is 13.4. The fourth-order valence-corrected chi connectivity index (χ4v) is 7.83. The Bertz CT molecular complexity index is 3080. The molecule has 9 aromatic rings. The normalized spacial score (nSPS) is 11.5. The number of H-pyrrole nitrogens is 1. The number of para-hydroxylation sites is 2. The summed E-state index contributed by atoms with van der Waals surface area (Å²) >= 11 is 0. The first-order valence-electron chi connectivity index (χ1n) is 19.4. The topological polar surface area (TPSA) is 59.4 Å². The molecule has 0 spiro atoms. The molecule has 4 aromatic heterocycles. The minimum atomic E-state index is 0. The van der Waals surface area contributed by atoms with E-state index in [1.165, 1.54) is 5.39 Å². The molecule has 1 N–H and O–H groups in total. The van der Waals surface area contributed by atoms with Crippen LogP contribution in [0.3, 0.4) is 0 Å². The zero-order valence-corrected chi connectivity index (χ0v) is 33.0. The predicted molar refractivity (Wildman–Crippen MR) is 242 cm³/mol. The van der Waals surface area contributed by atoms with Gasteiger partial charge in [0.15, 0.2) is 0 Å². The van der Waals surface area contributed by atoms with Crippen LogP contribution in [0.25, 0.3) is 96.3 Å². The van der Waals surface area contributed by atoms with E-state index in [-0.39, 0.29) is 17.1 Å². The van der Waals surface area contributed by atoms with Crippen LogP contribution in [0.4, 0.5) is 0 Å². The van der Waals surface area contributed by atoms with E-state index in [9.17, 15) is 0 Å². The molecule has 282 valence electrons. The number of hydrogen-bond acceptors (Lipinski definition) is 3. The fraction of sp³-hybridized carbons (Fsp3) is 0. The average molecular weight is 800 g/mol. The van der Waals surface area contributed by atoms with Crippen LogP contribution in [-0.4, -0.2) is 24.5 Å². The van der Waals surface area contributed by atoms with Crippen LogP contribution in [0.2, 0.25) is 0 Å². The number of aromatic nitrogens is 5. The van der Waals surface area contributed by atoms with Crippen molar-refractivity contribution in [2.24, 2.45) is 0 Å². The third-order valence-electron chi connectivity index (χ3n) is 10.4. The number of benzene rings is 5. The van der Waals surface area contributed by atoms with E-state index >= 15 is 0 Å². The monoisotopic (exact) mass is 799 g/mol. The molecular formula is C53H37FeN5. The fourth-order valence-electron chi connectivity index (χ4n) is 7.83. The summed E-state index contributed by atoms with van der Waals surface area (Å²) in [6.07, 6.45) is 10.2. The number of pyridine rings is 1. The van der Waals surface area contributed by atoms with Crippen LogP contribution >= 0.6 is 0 Å². The van der Waals surface area contributed by atoms with E-state index in [0.29, 0.717) is 0 Å². The van der Waals surface area contributed by atoms with Gasteiger partial charge in [0.1, 0.15) is 0 Å². The minimum absolute atomic E-state index is 0. The van der Waals surface area contributed by atoms with E-state index in [2.05, 4.69) is 203 Å².